The van der Waals surface area contributed by atoms with E-state index in [1.807, 2.05) is 13.8 Å². The number of non-ortho nitro benzene ring substituents is 1. The van der Waals surface area contributed by atoms with Crippen LogP contribution in [0.2, 0.25) is 0 Å². The van der Waals surface area contributed by atoms with Crippen LogP contribution in [0.4, 0.5) is 5.69 Å². The van der Waals surface area contributed by atoms with Gasteiger partial charge < -0.3 is 11.1 Å². The lowest BCUT2D eigenvalue weighted by molar-refractivity contribution is -0.384. The standard InChI is InChI=1S/C13H15N3O3S/c1-13(2,14)7-15-12(17)11-6-8-5-9(16(18)19)3-4-10(8)20-11/h3-6H,7,14H2,1-2H3,(H,15,17). The summed E-state index contributed by atoms with van der Waals surface area (Å²) in [6.07, 6.45) is 0. The summed E-state index contributed by atoms with van der Waals surface area (Å²) in [7, 11) is 0. The average molecular weight is 293 g/mol. The van der Waals surface area contributed by atoms with E-state index in [2.05, 4.69) is 5.32 Å². The van der Waals surface area contributed by atoms with E-state index in [1.165, 1.54) is 23.5 Å². The topological polar surface area (TPSA) is 98.3 Å². The minimum Gasteiger partial charge on any atom is -0.350 e. The van der Waals surface area contributed by atoms with Gasteiger partial charge in [0, 0.05) is 34.3 Å². The Morgan fingerprint density at radius 1 is 1.45 bits per heavy atom. The molecule has 0 atom stereocenters. The van der Waals surface area contributed by atoms with Crippen molar-refractivity contribution in [3.8, 4) is 0 Å². The number of fused-ring (bicyclic) bond motifs is 1. The Bertz CT molecular complexity index is 673. The zero-order valence-corrected chi connectivity index (χ0v) is 12.0. The van der Waals surface area contributed by atoms with Crippen molar-refractivity contribution < 1.29 is 9.72 Å². The number of thiophene rings is 1. The highest BCUT2D eigenvalue weighted by Crippen LogP contribution is 2.28. The maximum absolute atomic E-state index is 12.0. The number of carbonyl (C=O) groups is 1. The van der Waals surface area contributed by atoms with Gasteiger partial charge in [0.1, 0.15) is 0 Å². The molecule has 0 fully saturated rings. The number of carbonyl (C=O) groups excluding carboxylic acids is 1. The molecule has 0 radical (unpaired) electrons. The van der Waals surface area contributed by atoms with Crippen LogP contribution in [0.1, 0.15) is 23.5 Å². The first kappa shape index (κ1) is 14.4. The van der Waals surface area contributed by atoms with Gasteiger partial charge in [-0.15, -0.1) is 11.3 Å². The number of benzene rings is 1. The molecule has 0 aliphatic carbocycles. The fourth-order valence-corrected chi connectivity index (χ4v) is 2.61. The summed E-state index contributed by atoms with van der Waals surface area (Å²) in [5.41, 5.74) is 5.34. The molecule has 2 rings (SSSR count). The molecule has 0 aliphatic heterocycles. The summed E-state index contributed by atoms with van der Waals surface area (Å²) in [6, 6.07) is 6.21. The number of nitrogens with zero attached hydrogens (tertiary/aromatic N) is 1. The molecule has 1 aromatic carbocycles. The first-order valence-corrected chi connectivity index (χ1v) is 6.83. The van der Waals surface area contributed by atoms with E-state index in [4.69, 9.17) is 5.73 Å². The van der Waals surface area contributed by atoms with E-state index in [-0.39, 0.29) is 11.6 Å². The van der Waals surface area contributed by atoms with E-state index in [9.17, 15) is 14.9 Å². The predicted octanol–water partition coefficient (Wildman–Crippen LogP) is 2.28. The molecule has 3 N–H and O–H groups in total. The molecule has 20 heavy (non-hydrogen) atoms. The van der Waals surface area contributed by atoms with Gasteiger partial charge in [-0.2, -0.15) is 0 Å². The number of hydrogen-bond donors (Lipinski definition) is 2. The highest BCUT2D eigenvalue weighted by Gasteiger charge is 2.16. The van der Waals surface area contributed by atoms with Crippen LogP contribution in [0, 0.1) is 10.1 Å². The Hall–Kier alpha value is -1.99. The van der Waals surface area contributed by atoms with Crippen molar-refractivity contribution in [2.45, 2.75) is 19.4 Å². The Morgan fingerprint density at radius 2 is 2.15 bits per heavy atom. The van der Waals surface area contributed by atoms with Crippen LogP contribution >= 0.6 is 11.3 Å². The van der Waals surface area contributed by atoms with Crippen LogP contribution in [-0.4, -0.2) is 22.9 Å². The fourth-order valence-electron chi connectivity index (χ4n) is 1.65. The highest BCUT2D eigenvalue weighted by atomic mass is 32.1. The van der Waals surface area contributed by atoms with Gasteiger partial charge in [-0.3, -0.25) is 14.9 Å². The van der Waals surface area contributed by atoms with Gasteiger partial charge in [-0.1, -0.05) is 0 Å². The lowest BCUT2D eigenvalue weighted by atomic mass is 10.1. The zero-order valence-electron chi connectivity index (χ0n) is 11.2. The molecule has 7 heteroatoms. The quantitative estimate of drug-likeness (QED) is 0.667. The average Bonchev–Trinajstić information content (AvgIpc) is 2.77. The molecule has 1 aromatic heterocycles. The molecular formula is C13H15N3O3S. The van der Waals surface area contributed by atoms with E-state index >= 15 is 0 Å². The molecule has 0 saturated heterocycles. The van der Waals surface area contributed by atoms with Crippen LogP contribution in [0.15, 0.2) is 24.3 Å². The van der Waals surface area contributed by atoms with Gasteiger partial charge in [-0.05, 0) is 26.0 Å². The van der Waals surface area contributed by atoms with Gasteiger partial charge in [0.25, 0.3) is 11.6 Å². The van der Waals surface area contributed by atoms with Gasteiger partial charge in [0.15, 0.2) is 0 Å². The second-order valence-electron chi connectivity index (χ2n) is 5.26. The number of amides is 1. The lowest BCUT2D eigenvalue weighted by Gasteiger charge is -2.18. The van der Waals surface area contributed by atoms with Crippen LogP contribution in [0.5, 0.6) is 0 Å². The zero-order chi connectivity index (χ0) is 14.9. The van der Waals surface area contributed by atoms with Gasteiger partial charge in [0.2, 0.25) is 0 Å². The number of nitrogens with one attached hydrogen (secondary N) is 1. The Labute approximate surface area is 119 Å². The van der Waals surface area contributed by atoms with Crippen LogP contribution in [0.3, 0.4) is 0 Å². The second kappa shape index (κ2) is 5.18. The van der Waals surface area contributed by atoms with Crippen LogP contribution < -0.4 is 11.1 Å². The molecule has 1 amide bonds. The predicted molar refractivity (Wildman–Crippen MR) is 79.1 cm³/mol. The smallest absolute Gasteiger partial charge is 0.270 e. The fraction of sp³-hybridized carbons (Fsp3) is 0.308. The van der Waals surface area contributed by atoms with E-state index in [0.717, 1.165) is 4.70 Å². The monoisotopic (exact) mass is 293 g/mol. The third-order valence-corrected chi connectivity index (χ3v) is 3.75. The van der Waals surface area contributed by atoms with Crippen molar-refractivity contribution in [3.05, 3.63) is 39.3 Å². The van der Waals surface area contributed by atoms with Crippen molar-refractivity contribution in [3.63, 3.8) is 0 Å². The third kappa shape index (κ3) is 3.31. The molecular weight excluding hydrogens is 278 g/mol. The minimum absolute atomic E-state index is 0.0188. The number of hydrogen-bond acceptors (Lipinski definition) is 5. The second-order valence-corrected chi connectivity index (χ2v) is 6.34. The Morgan fingerprint density at radius 3 is 2.75 bits per heavy atom. The maximum atomic E-state index is 12.0. The summed E-state index contributed by atoms with van der Waals surface area (Å²) < 4.78 is 0.841. The third-order valence-electron chi connectivity index (χ3n) is 2.64. The molecule has 1 heterocycles. The van der Waals surface area contributed by atoms with Gasteiger partial charge in [-0.25, -0.2) is 0 Å². The summed E-state index contributed by atoms with van der Waals surface area (Å²) in [6.45, 7) is 4.00. The molecule has 0 aliphatic rings. The Balaban J connectivity index is 2.23. The van der Waals surface area contributed by atoms with E-state index in [0.29, 0.717) is 16.8 Å². The van der Waals surface area contributed by atoms with Crippen molar-refractivity contribution in [2.75, 3.05) is 6.54 Å². The summed E-state index contributed by atoms with van der Waals surface area (Å²) in [5, 5.41) is 14.2. The molecule has 0 unspecified atom stereocenters. The highest BCUT2D eigenvalue weighted by molar-refractivity contribution is 7.20. The van der Waals surface area contributed by atoms with Crippen LogP contribution in [-0.2, 0) is 0 Å². The number of nitro benzene ring substituents is 1. The van der Waals surface area contributed by atoms with Crippen molar-refractivity contribution in [2.24, 2.45) is 5.73 Å². The van der Waals surface area contributed by atoms with Gasteiger partial charge in [0.05, 0.1) is 9.80 Å². The summed E-state index contributed by atoms with van der Waals surface area (Å²) >= 11 is 1.30. The van der Waals surface area contributed by atoms with Gasteiger partial charge >= 0.3 is 0 Å². The van der Waals surface area contributed by atoms with Crippen molar-refractivity contribution in [1.82, 2.24) is 5.32 Å². The lowest BCUT2D eigenvalue weighted by Crippen LogP contribution is -2.44. The molecule has 0 spiro atoms. The number of rotatable bonds is 4. The molecule has 0 bridgehead atoms. The molecule has 2 aromatic rings. The van der Waals surface area contributed by atoms with E-state index in [1.54, 1.807) is 12.1 Å². The largest absolute Gasteiger partial charge is 0.350 e. The van der Waals surface area contributed by atoms with Crippen molar-refractivity contribution in [1.29, 1.82) is 0 Å². The molecule has 106 valence electrons. The number of nitro groups is 1. The van der Waals surface area contributed by atoms with Crippen LogP contribution in [0.25, 0.3) is 10.1 Å². The minimum atomic E-state index is -0.481. The molecule has 0 saturated carbocycles. The van der Waals surface area contributed by atoms with E-state index < -0.39 is 10.5 Å². The Kier molecular flexibility index (Phi) is 3.74. The molecule has 6 nitrogen and oxygen atoms in total. The normalized spacial score (nSPS) is 11.6. The summed E-state index contributed by atoms with van der Waals surface area (Å²) in [5.74, 6) is -0.215. The van der Waals surface area contributed by atoms with Crippen molar-refractivity contribution >= 4 is 33.0 Å². The summed E-state index contributed by atoms with van der Waals surface area (Å²) in [4.78, 5) is 22.8. The first-order valence-electron chi connectivity index (χ1n) is 6.01. The number of nitrogens with two attached hydrogens (primary N) is 1. The maximum Gasteiger partial charge on any atom is 0.270 e. The SMILES string of the molecule is CC(C)(N)CNC(=O)c1cc2cc([N+](=O)[O-])ccc2s1. The first-order chi connectivity index (χ1) is 9.26.